The molecule has 108 valence electrons. The number of hydrogen-bond donors (Lipinski definition) is 0. The van der Waals surface area contributed by atoms with Gasteiger partial charge in [-0.25, -0.2) is 0 Å². The standard InChI is InChI=1S/C13H17FN4OS/c1-3-20(19)12-17-8-11(18(12)2)7-13(9-15,10-16)5-4-6-14/h8H,3-7H2,1-2H3. The second kappa shape index (κ2) is 7.28. The number of nitrogens with zero attached hydrogens (tertiary/aromatic N) is 4. The molecule has 1 rings (SSSR count). The average Bonchev–Trinajstić information content (AvgIpc) is 2.83. The smallest absolute Gasteiger partial charge is 0.323 e. The van der Waals surface area contributed by atoms with Crippen molar-refractivity contribution in [2.45, 2.75) is 31.3 Å². The maximum Gasteiger partial charge on any atom is 0.323 e. The zero-order chi connectivity index (χ0) is 15.2. The zero-order valence-corrected chi connectivity index (χ0v) is 12.4. The first-order valence-corrected chi connectivity index (χ1v) is 7.63. The van der Waals surface area contributed by atoms with Crippen molar-refractivity contribution in [1.82, 2.24) is 9.55 Å². The molecule has 0 aliphatic heterocycles. The van der Waals surface area contributed by atoms with Gasteiger partial charge >= 0.3 is 5.16 Å². The average molecular weight is 296 g/mol. The van der Waals surface area contributed by atoms with Crippen LogP contribution in [0.5, 0.6) is 0 Å². The van der Waals surface area contributed by atoms with Crippen molar-refractivity contribution in [2.75, 3.05) is 12.4 Å². The van der Waals surface area contributed by atoms with Crippen LogP contribution in [0.3, 0.4) is 0 Å². The molecule has 0 spiro atoms. The molecule has 0 bridgehead atoms. The summed E-state index contributed by atoms with van der Waals surface area (Å²) < 4.78 is 25.7. The monoisotopic (exact) mass is 296 g/mol. The summed E-state index contributed by atoms with van der Waals surface area (Å²) in [5.41, 5.74) is -0.603. The van der Waals surface area contributed by atoms with Crippen molar-refractivity contribution in [3.63, 3.8) is 0 Å². The van der Waals surface area contributed by atoms with Crippen molar-refractivity contribution in [2.24, 2.45) is 12.5 Å². The van der Waals surface area contributed by atoms with Gasteiger partial charge in [-0.3, -0.25) is 8.96 Å². The lowest BCUT2D eigenvalue weighted by atomic mass is 9.82. The van der Waals surface area contributed by atoms with Crippen LogP contribution in [0.4, 0.5) is 4.39 Å². The molecule has 0 N–H and O–H groups in total. The fourth-order valence-corrected chi connectivity index (χ4v) is 2.76. The van der Waals surface area contributed by atoms with E-state index in [2.05, 4.69) is 4.98 Å². The highest BCUT2D eigenvalue weighted by molar-refractivity contribution is 7.91. The van der Waals surface area contributed by atoms with Gasteiger partial charge in [0.1, 0.15) is 11.2 Å². The zero-order valence-electron chi connectivity index (χ0n) is 11.6. The molecular formula is C13H17FN4OS. The van der Waals surface area contributed by atoms with E-state index in [1.54, 1.807) is 18.5 Å². The first-order chi connectivity index (χ1) is 9.53. The van der Waals surface area contributed by atoms with Crippen LogP contribution in [0.15, 0.2) is 11.4 Å². The lowest BCUT2D eigenvalue weighted by molar-refractivity contribution is 0.387. The third-order valence-electron chi connectivity index (χ3n) is 3.16. The summed E-state index contributed by atoms with van der Waals surface area (Å²) in [5, 5.41) is 18.9. The first kappa shape index (κ1) is 16.5. The molecule has 5 nitrogen and oxygen atoms in total. The summed E-state index contributed by atoms with van der Waals surface area (Å²) >= 11 is -1.19. The molecule has 1 aromatic heterocycles. The van der Waals surface area contributed by atoms with Crippen LogP contribution >= 0.6 is 0 Å². The number of imidazole rings is 1. The van der Waals surface area contributed by atoms with Crippen molar-refractivity contribution in [3.8, 4) is 12.1 Å². The van der Waals surface area contributed by atoms with Crippen LogP contribution in [0.2, 0.25) is 0 Å². The first-order valence-electron chi connectivity index (χ1n) is 6.31. The molecule has 1 heterocycles. The predicted octanol–water partition coefficient (Wildman–Crippen LogP) is 1.87. The van der Waals surface area contributed by atoms with Gasteiger partial charge in [0, 0.05) is 30.3 Å². The summed E-state index contributed by atoms with van der Waals surface area (Å²) in [7, 11) is 1.71. The van der Waals surface area contributed by atoms with E-state index in [1.165, 1.54) is 6.20 Å². The Morgan fingerprint density at radius 1 is 1.50 bits per heavy atom. The van der Waals surface area contributed by atoms with Gasteiger partial charge in [-0.2, -0.15) is 15.5 Å². The summed E-state index contributed by atoms with van der Waals surface area (Å²) in [4.78, 5) is 4.09. The van der Waals surface area contributed by atoms with Gasteiger partial charge in [-0.15, -0.1) is 0 Å². The normalized spacial score (nSPS) is 12.7. The van der Waals surface area contributed by atoms with Crippen LogP contribution in [0.1, 0.15) is 25.5 Å². The molecular weight excluding hydrogens is 279 g/mol. The molecule has 0 fully saturated rings. The fourth-order valence-electron chi connectivity index (χ4n) is 1.91. The van der Waals surface area contributed by atoms with Crippen LogP contribution < -0.4 is 0 Å². The van der Waals surface area contributed by atoms with E-state index in [4.69, 9.17) is 0 Å². The Morgan fingerprint density at radius 2 is 2.15 bits per heavy atom. The minimum atomic E-state index is -1.26. The third-order valence-corrected chi connectivity index (χ3v) is 4.47. The Balaban J connectivity index is 2.99. The van der Waals surface area contributed by atoms with E-state index in [0.717, 1.165) is 0 Å². The quantitative estimate of drug-likeness (QED) is 0.718. The molecule has 0 saturated carbocycles. The van der Waals surface area contributed by atoms with E-state index >= 15 is 0 Å². The Hall–Kier alpha value is -1.57. The topological polar surface area (TPSA) is 88.5 Å². The molecule has 0 aliphatic rings. The summed E-state index contributed by atoms with van der Waals surface area (Å²) in [6, 6.07) is 3.97. The largest absolute Gasteiger partial charge is 0.609 e. The van der Waals surface area contributed by atoms with Gasteiger partial charge in [-0.1, -0.05) is 0 Å². The highest BCUT2D eigenvalue weighted by Gasteiger charge is 2.32. The van der Waals surface area contributed by atoms with E-state index in [0.29, 0.717) is 16.6 Å². The molecule has 0 amide bonds. The van der Waals surface area contributed by atoms with Gasteiger partial charge in [0.25, 0.3) is 0 Å². The Kier molecular flexibility index (Phi) is 6.00. The number of aromatic nitrogens is 2. The second-order valence-corrected chi connectivity index (χ2v) is 6.13. The lowest BCUT2D eigenvalue weighted by Gasteiger charge is -2.18. The molecule has 20 heavy (non-hydrogen) atoms. The Bertz CT molecular complexity index is 517. The van der Waals surface area contributed by atoms with Gasteiger partial charge in [0.05, 0.1) is 25.0 Å². The van der Waals surface area contributed by atoms with E-state index in [1.807, 2.05) is 12.1 Å². The maximum atomic E-state index is 12.3. The van der Waals surface area contributed by atoms with Crippen LogP contribution in [-0.2, 0) is 24.6 Å². The summed E-state index contributed by atoms with van der Waals surface area (Å²) in [6.45, 7) is 1.24. The van der Waals surface area contributed by atoms with Gasteiger partial charge in [0.15, 0.2) is 0 Å². The molecule has 0 radical (unpaired) electrons. The Morgan fingerprint density at radius 3 is 2.65 bits per heavy atom. The fraction of sp³-hybridized carbons (Fsp3) is 0.615. The van der Waals surface area contributed by atoms with Gasteiger partial charge in [-0.05, 0) is 19.8 Å². The lowest BCUT2D eigenvalue weighted by Crippen LogP contribution is -2.22. The minimum Gasteiger partial charge on any atom is -0.609 e. The number of nitriles is 2. The van der Waals surface area contributed by atoms with Crippen molar-refractivity contribution in [1.29, 1.82) is 10.5 Å². The number of hydrogen-bond acceptors (Lipinski definition) is 4. The van der Waals surface area contributed by atoms with Gasteiger partial charge < -0.3 is 4.55 Å². The number of halogens is 1. The maximum absolute atomic E-state index is 12.3. The highest BCUT2D eigenvalue weighted by Crippen LogP contribution is 2.28. The molecule has 7 heteroatoms. The predicted molar refractivity (Wildman–Crippen MR) is 72.7 cm³/mol. The minimum absolute atomic E-state index is 0.157. The molecule has 0 saturated heterocycles. The molecule has 1 unspecified atom stereocenters. The SMILES string of the molecule is CC[S+]([O-])c1ncc(CC(C#N)(C#N)CCCF)n1C. The van der Waals surface area contributed by atoms with E-state index < -0.39 is 23.3 Å². The van der Waals surface area contributed by atoms with Crippen LogP contribution in [-0.4, -0.2) is 26.5 Å². The van der Waals surface area contributed by atoms with Crippen LogP contribution in [0, 0.1) is 28.1 Å². The third kappa shape index (κ3) is 3.50. The summed E-state index contributed by atoms with van der Waals surface area (Å²) in [5.74, 6) is 0.452. The Labute approximate surface area is 121 Å². The van der Waals surface area contributed by atoms with E-state index in [9.17, 15) is 19.5 Å². The van der Waals surface area contributed by atoms with Crippen molar-refractivity contribution >= 4 is 11.2 Å². The second-order valence-electron chi connectivity index (χ2n) is 4.50. The molecule has 1 atom stereocenters. The highest BCUT2D eigenvalue weighted by atomic mass is 32.2. The summed E-state index contributed by atoms with van der Waals surface area (Å²) in [6.07, 6.45) is 2.03. The molecule has 1 aromatic rings. The van der Waals surface area contributed by atoms with Crippen molar-refractivity contribution in [3.05, 3.63) is 11.9 Å². The number of alkyl halides is 1. The van der Waals surface area contributed by atoms with E-state index in [-0.39, 0.29) is 19.3 Å². The van der Waals surface area contributed by atoms with Crippen molar-refractivity contribution < 1.29 is 8.94 Å². The van der Waals surface area contributed by atoms with Gasteiger partial charge in [0.2, 0.25) is 0 Å². The molecule has 0 aromatic carbocycles. The van der Waals surface area contributed by atoms with Crippen LogP contribution in [0.25, 0.3) is 0 Å². The molecule has 0 aliphatic carbocycles. The number of rotatable bonds is 7.